The lowest BCUT2D eigenvalue weighted by atomic mass is 10.0. The first-order valence-electron chi connectivity index (χ1n) is 8.78. The van der Waals surface area contributed by atoms with Gasteiger partial charge in [0.25, 0.3) is 0 Å². The van der Waals surface area contributed by atoms with E-state index in [1.54, 1.807) is 29.5 Å². The summed E-state index contributed by atoms with van der Waals surface area (Å²) in [5.74, 6) is -1.03. The number of allylic oxidation sites excluding steroid dienone is 1. The van der Waals surface area contributed by atoms with Gasteiger partial charge in [-0.25, -0.2) is 14.8 Å². The van der Waals surface area contributed by atoms with E-state index in [2.05, 4.69) is 9.98 Å². The molecule has 4 rings (SSSR count). The SMILES string of the molecule is O=C(O)c1c(N2CCCCC2CO)oc(C=C2C=Nc3ncccc32)c1O. The summed E-state index contributed by atoms with van der Waals surface area (Å²) in [6.45, 7) is 0.450. The minimum absolute atomic E-state index is 0.0443. The average molecular weight is 369 g/mol. The highest BCUT2D eigenvalue weighted by Crippen LogP contribution is 2.41. The number of hydrogen-bond donors (Lipinski definition) is 3. The lowest BCUT2D eigenvalue weighted by molar-refractivity contribution is 0.0693. The number of hydrogen-bond acceptors (Lipinski definition) is 7. The highest BCUT2D eigenvalue weighted by Gasteiger charge is 2.33. The van der Waals surface area contributed by atoms with Gasteiger partial charge in [-0.1, -0.05) is 0 Å². The molecule has 1 fully saturated rings. The number of furan rings is 1. The Morgan fingerprint density at radius 3 is 3.04 bits per heavy atom. The van der Waals surface area contributed by atoms with Crippen molar-refractivity contribution in [1.29, 1.82) is 0 Å². The van der Waals surface area contributed by atoms with Gasteiger partial charge in [-0.3, -0.25) is 0 Å². The van der Waals surface area contributed by atoms with Crippen LogP contribution in [0.5, 0.6) is 5.75 Å². The fourth-order valence-electron chi connectivity index (χ4n) is 3.56. The van der Waals surface area contributed by atoms with E-state index in [0.29, 0.717) is 17.9 Å². The number of anilines is 1. The van der Waals surface area contributed by atoms with Gasteiger partial charge in [0.05, 0.1) is 12.6 Å². The molecule has 27 heavy (non-hydrogen) atoms. The van der Waals surface area contributed by atoms with Crippen molar-refractivity contribution in [2.24, 2.45) is 4.99 Å². The Bertz CT molecular complexity index is 947. The Hall–Kier alpha value is -3.13. The first-order valence-corrected chi connectivity index (χ1v) is 8.78. The van der Waals surface area contributed by atoms with Crippen LogP contribution in [-0.2, 0) is 0 Å². The van der Waals surface area contributed by atoms with Crippen LogP contribution in [-0.4, -0.2) is 51.7 Å². The number of aromatic carboxylic acids is 1. The number of aromatic nitrogens is 1. The average Bonchev–Trinajstić information content (AvgIpc) is 3.23. The number of aliphatic hydroxyl groups is 1. The number of carbonyl (C=O) groups is 1. The van der Waals surface area contributed by atoms with Crippen LogP contribution >= 0.6 is 0 Å². The minimum atomic E-state index is -1.28. The van der Waals surface area contributed by atoms with Gasteiger partial charge in [-0.2, -0.15) is 0 Å². The van der Waals surface area contributed by atoms with Gasteiger partial charge < -0.3 is 24.6 Å². The van der Waals surface area contributed by atoms with Crippen molar-refractivity contribution in [2.45, 2.75) is 25.3 Å². The quantitative estimate of drug-likeness (QED) is 0.758. The smallest absolute Gasteiger partial charge is 0.345 e. The van der Waals surface area contributed by atoms with Crippen molar-refractivity contribution in [3.05, 3.63) is 35.2 Å². The molecular weight excluding hydrogens is 350 g/mol. The lowest BCUT2D eigenvalue weighted by Gasteiger charge is -2.34. The number of pyridine rings is 1. The molecule has 2 aliphatic heterocycles. The summed E-state index contributed by atoms with van der Waals surface area (Å²) in [6.07, 6.45) is 7.33. The van der Waals surface area contributed by atoms with E-state index >= 15 is 0 Å². The number of carboxylic acid groups (broad SMARTS) is 1. The van der Waals surface area contributed by atoms with E-state index < -0.39 is 11.7 Å². The molecule has 1 atom stereocenters. The van der Waals surface area contributed by atoms with Crippen molar-refractivity contribution >= 4 is 35.5 Å². The van der Waals surface area contributed by atoms with E-state index in [9.17, 15) is 20.1 Å². The van der Waals surface area contributed by atoms with Crippen molar-refractivity contribution < 1.29 is 24.5 Å². The van der Waals surface area contributed by atoms with Gasteiger partial charge in [0.1, 0.15) is 0 Å². The zero-order valence-electron chi connectivity index (χ0n) is 14.5. The third-order valence-electron chi connectivity index (χ3n) is 4.91. The molecule has 140 valence electrons. The molecule has 1 unspecified atom stereocenters. The second-order valence-corrected chi connectivity index (χ2v) is 6.56. The van der Waals surface area contributed by atoms with Gasteiger partial charge in [-0.05, 0) is 37.5 Å². The molecule has 0 saturated carbocycles. The molecule has 1 saturated heterocycles. The Kier molecular flexibility index (Phi) is 4.41. The third-order valence-corrected chi connectivity index (χ3v) is 4.91. The van der Waals surface area contributed by atoms with E-state index in [0.717, 1.165) is 24.8 Å². The topological polar surface area (TPSA) is 119 Å². The van der Waals surface area contributed by atoms with Crippen LogP contribution in [0.3, 0.4) is 0 Å². The number of piperidine rings is 1. The molecule has 8 heteroatoms. The monoisotopic (exact) mass is 369 g/mol. The van der Waals surface area contributed by atoms with Crippen LogP contribution in [0.4, 0.5) is 11.7 Å². The predicted molar refractivity (Wildman–Crippen MR) is 99.7 cm³/mol. The number of rotatable bonds is 4. The molecule has 2 aromatic heterocycles. The maximum absolute atomic E-state index is 11.8. The number of nitrogens with zero attached hydrogens (tertiary/aromatic N) is 3. The highest BCUT2D eigenvalue weighted by molar-refractivity contribution is 6.21. The van der Waals surface area contributed by atoms with Crippen LogP contribution < -0.4 is 4.90 Å². The van der Waals surface area contributed by atoms with Crippen molar-refractivity contribution in [3.63, 3.8) is 0 Å². The van der Waals surface area contributed by atoms with Gasteiger partial charge >= 0.3 is 5.97 Å². The number of fused-ring (bicyclic) bond motifs is 1. The largest absolute Gasteiger partial charge is 0.504 e. The van der Waals surface area contributed by atoms with E-state index in [4.69, 9.17) is 4.42 Å². The molecule has 0 aliphatic carbocycles. The van der Waals surface area contributed by atoms with Crippen LogP contribution in [0.15, 0.2) is 27.7 Å². The molecule has 0 bridgehead atoms. The van der Waals surface area contributed by atoms with Crippen molar-refractivity contribution in [1.82, 2.24) is 4.98 Å². The molecule has 0 amide bonds. The van der Waals surface area contributed by atoms with E-state index in [1.807, 2.05) is 6.07 Å². The molecule has 0 aromatic carbocycles. The summed E-state index contributed by atoms with van der Waals surface area (Å²) < 4.78 is 5.78. The van der Waals surface area contributed by atoms with Crippen LogP contribution in [0, 0.1) is 0 Å². The maximum atomic E-state index is 11.8. The van der Waals surface area contributed by atoms with E-state index in [1.165, 1.54) is 0 Å². The number of carboxylic acids is 1. The van der Waals surface area contributed by atoms with Crippen LogP contribution in [0.25, 0.3) is 11.6 Å². The fraction of sp³-hybridized carbons (Fsp3) is 0.316. The molecule has 8 nitrogen and oxygen atoms in total. The number of aromatic hydroxyl groups is 1. The van der Waals surface area contributed by atoms with Gasteiger partial charge in [0.15, 0.2) is 22.9 Å². The first-order chi connectivity index (χ1) is 13.1. The van der Waals surface area contributed by atoms with Crippen LogP contribution in [0.2, 0.25) is 0 Å². The summed E-state index contributed by atoms with van der Waals surface area (Å²) in [6, 6.07) is 3.38. The van der Waals surface area contributed by atoms with Crippen molar-refractivity contribution in [2.75, 3.05) is 18.1 Å². The van der Waals surface area contributed by atoms with Gasteiger partial charge in [0.2, 0.25) is 5.88 Å². The standard InChI is InChI=1S/C19H19N3O5/c23-10-12-4-1-2-7-22(12)18-15(19(25)26)16(24)14(27-18)8-11-9-21-17-13(11)5-3-6-20-17/h3,5-6,8-9,12,23-24H,1-2,4,7,10H2,(H,25,26). The third kappa shape index (κ3) is 2.97. The summed E-state index contributed by atoms with van der Waals surface area (Å²) in [4.78, 5) is 21.8. The minimum Gasteiger partial charge on any atom is -0.504 e. The molecule has 0 radical (unpaired) electrons. The maximum Gasteiger partial charge on any atom is 0.345 e. The first kappa shape index (κ1) is 17.3. The Labute approximate surface area is 155 Å². The summed E-state index contributed by atoms with van der Waals surface area (Å²) >= 11 is 0. The van der Waals surface area contributed by atoms with Crippen molar-refractivity contribution in [3.8, 4) is 5.75 Å². The molecule has 4 heterocycles. The molecule has 2 aliphatic rings. The van der Waals surface area contributed by atoms with Gasteiger partial charge in [-0.15, -0.1) is 0 Å². The molecule has 2 aromatic rings. The number of aliphatic hydroxyl groups excluding tert-OH is 1. The Morgan fingerprint density at radius 2 is 2.26 bits per heavy atom. The zero-order chi connectivity index (χ0) is 19.0. The van der Waals surface area contributed by atoms with Gasteiger partial charge in [0, 0.05) is 30.1 Å². The second-order valence-electron chi connectivity index (χ2n) is 6.56. The molecule has 3 N–H and O–H groups in total. The highest BCUT2D eigenvalue weighted by atomic mass is 16.4. The van der Waals surface area contributed by atoms with Crippen LogP contribution in [0.1, 0.15) is 40.9 Å². The fourth-order valence-corrected chi connectivity index (χ4v) is 3.56. The molecular formula is C19H19N3O5. The Morgan fingerprint density at radius 1 is 1.41 bits per heavy atom. The predicted octanol–water partition coefficient (Wildman–Crippen LogP) is 2.69. The summed E-state index contributed by atoms with van der Waals surface area (Å²) in [5.41, 5.74) is 1.16. The molecule has 0 spiro atoms. The summed E-state index contributed by atoms with van der Waals surface area (Å²) in [7, 11) is 0. The van der Waals surface area contributed by atoms with E-state index in [-0.39, 0.29) is 29.9 Å². The lowest BCUT2D eigenvalue weighted by Crippen LogP contribution is -2.42. The number of aliphatic imine (C=N–C) groups is 1. The second kappa shape index (κ2) is 6.88. The summed E-state index contributed by atoms with van der Waals surface area (Å²) in [5, 5.41) is 29.7. The zero-order valence-corrected chi connectivity index (χ0v) is 14.5. The normalized spacial score (nSPS) is 20.3. The Balaban J connectivity index is 1.79.